The lowest BCUT2D eigenvalue weighted by Crippen LogP contribution is -1.88. The Morgan fingerprint density at radius 2 is 2.31 bits per heavy atom. The van der Waals surface area contributed by atoms with E-state index >= 15 is 0 Å². The molecule has 0 spiro atoms. The van der Waals surface area contributed by atoms with Crippen LogP contribution in [0.3, 0.4) is 0 Å². The van der Waals surface area contributed by atoms with E-state index in [1.54, 1.807) is 6.20 Å². The highest BCUT2D eigenvalue weighted by atomic mass is 79.9. The van der Waals surface area contributed by atoms with Gasteiger partial charge >= 0.3 is 0 Å². The van der Waals surface area contributed by atoms with Crippen molar-refractivity contribution in [1.82, 2.24) is 10.1 Å². The van der Waals surface area contributed by atoms with E-state index in [0.717, 1.165) is 4.47 Å². The Hall–Kier alpha value is -1.36. The van der Waals surface area contributed by atoms with Gasteiger partial charge in [-0.25, -0.2) is 0 Å². The Morgan fingerprint density at radius 1 is 1.46 bits per heavy atom. The molecule has 0 aliphatic heterocycles. The molecule has 2 aromatic rings. The normalized spacial score (nSPS) is 10.2. The quantitative estimate of drug-likeness (QED) is 0.828. The number of aromatic nitrogens is 2. The number of hydrogen-bond donors (Lipinski definition) is 1. The summed E-state index contributed by atoms with van der Waals surface area (Å²) in [5.74, 6) is 0.493. The molecule has 0 aliphatic rings. The molecule has 2 N–H and O–H groups in total. The first-order valence-electron chi connectivity index (χ1n) is 3.60. The fourth-order valence-corrected chi connectivity index (χ4v) is 1.41. The number of nitrogens with two attached hydrogens (primary N) is 1. The summed E-state index contributed by atoms with van der Waals surface area (Å²) in [4.78, 5) is 4.12. The average Bonchev–Trinajstić information content (AvgIpc) is 2.52. The van der Waals surface area contributed by atoms with Crippen molar-refractivity contribution in [1.29, 1.82) is 0 Å². The average molecular weight is 240 g/mol. The third-order valence-electron chi connectivity index (χ3n) is 1.57. The van der Waals surface area contributed by atoms with Gasteiger partial charge in [0.25, 0.3) is 0 Å². The van der Waals surface area contributed by atoms with E-state index in [9.17, 15) is 0 Å². The van der Waals surface area contributed by atoms with Gasteiger partial charge < -0.3 is 10.3 Å². The largest absolute Gasteiger partial charge is 0.394 e. The minimum Gasteiger partial charge on any atom is -0.394 e. The van der Waals surface area contributed by atoms with Crippen LogP contribution < -0.4 is 5.73 Å². The molecule has 66 valence electrons. The first kappa shape index (κ1) is 8.25. The molecule has 0 bridgehead atoms. The number of hydrogen-bond acceptors (Lipinski definition) is 4. The van der Waals surface area contributed by atoms with E-state index in [0.29, 0.717) is 17.1 Å². The SMILES string of the molecule is Nc1cnoc1-c1ncccc1Br. The fraction of sp³-hybridized carbons (Fsp3) is 0. The zero-order valence-corrected chi connectivity index (χ0v) is 8.15. The van der Waals surface area contributed by atoms with Crippen molar-refractivity contribution in [3.63, 3.8) is 0 Å². The van der Waals surface area contributed by atoms with Crippen LogP contribution >= 0.6 is 15.9 Å². The highest BCUT2D eigenvalue weighted by Crippen LogP contribution is 2.29. The number of nitrogen functional groups attached to an aromatic ring is 1. The highest BCUT2D eigenvalue weighted by molar-refractivity contribution is 9.10. The number of anilines is 1. The van der Waals surface area contributed by atoms with Gasteiger partial charge in [0.1, 0.15) is 11.4 Å². The Balaban J connectivity index is 2.59. The molecule has 0 radical (unpaired) electrons. The smallest absolute Gasteiger partial charge is 0.209 e. The van der Waals surface area contributed by atoms with Crippen LogP contribution in [-0.2, 0) is 0 Å². The molecule has 2 heterocycles. The minimum atomic E-state index is 0.486. The molecule has 0 unspecified atom stereocenters. The van der Waals surface area contributed by atoms with Crippen molar-refractivity contribution < 1.29 is 4.52 Å². The summed E-state index contributed by atoms with van der Waals surface area (Å²) in [6, 6.07) is 3.68. The number of rotatable bonds is 1. The van der Waals surface area contributed by atoms with Crippen LogP contribution in [-0.4, -0.2) is 10.1 Å². The minimum absolute atomic E-state index is 0.486. The molecular weight excluding hydrogens is 234 g/mol. The van der Waals surface area contributed by atoms with Crippen molar-refractivity contribution in [2.45, 2.75) is 0 Å². The molecule has 2 rings (SSSR count). The summed E-state index contributed by atoms with van der Waals surface area (Å²) in [5, 5.41) is 3.58. The van der Waals surface area contributed by atoms with Crippen LogP contribution in [0.2, 0.25) is 0 Å². The van der Waals surface area contributed by atoms with Gasteiger partial charge in [-0.1, -0.05) is 5.16 Å². The molecule has 0 fully saturated rings. The van der Waals surface area contributed by atoms with Crippen molar-refractivity contribution in [3.8, 4) is 11.5 Å². The predicted octanol–water partition coefficient (Wildman–Crippen LogP) is 2.08. The van der Waals surface area contributed by atoms with Crippen LogP contribution in [0, 0.1) is 0 Å². The van der Waals surface area contributed by atoms with Gasteiger partial charge in [0.15, 0.2) is 0 Å². The van der Waals surface area contributed by atoms with Crippen LogP contribution in [0.15, 0.2) is 33.5 Å². The highest BCUT2D eigenvalue weighted by Gasteiger charge is 2.11. The van der Waals surface area contributed by atoms with Gasteiger partial charge in [-0.3, -0.25) is 4.98 Å². The van der Waals surface area contributed by atoms with Crippen molar-refractivity contribution >= 4 is 21.6 Å². The monoisotopic (exact) mass is 239 g/mol. The van der Waals surface area contributed by atoms with E-state index in [-0.39, 0.29) is 0 Å². The van der Waals surface area contributed by atoms with E-state index < -0.39 is 0 Å². The van der Waals surface area contributed by atoms with Crippen LogP contribution in [0.25, 0.3) is 11.5 Å². The van der Waals surface area contributed by atoms with Crippen LogP contribution in [0.1, 0.15) is 0 Å². The van der Waals surface area contributed by atoms with E-state index in [4.69, 9.17) is 10.3 Å². The molecule has 5 heteroatoms. The summed E-state index contributed by atoms with van der Waals surface area (Å²) in [7, 11) is 0. The molecule has 0 atom stereocenters. The lowest BCUT2D eigenvalue weighted by Gasteiger charge is -1.97. The van der Waals surface area contributed by atoms with Gasteiger partial charge in [0.2, 0.25) is 5.76 Å². The molecular formula is C8H6BrN3O. The first-order valence-corrected chi connectivity index (χ1v) is 4.39. The molecule has 0 saturated carbocycles. The van der Waals surface area contributed by atoms with Crippen LogP contribution in [0.4, 0.5) is 5.69 Å². The summed E-state index contributed by atoms with van der Waals surface area (Å²) >= 11 is 3.35. The van der Waals surface area contributed by atoms with Crippen molar-refractivity contribution in [2.75, 3.05) is 5.73 Å². The second kappa shape index (κ2) is 3.18. The fourth-order valence-electron chi connectivity index (χ4n) is 0.980. The topological polar surface area (TPSA) is 64.9 Å². The van der Waals surface area contributed by atoms with Gasteiger partial charge in [-0.05, 0) is 28.1 Å². The number of pyridine rings is 1. The second-order valence-electron chi connectivity index (χ2n) is 2.44. The van der Waals surface area contributed by atoms with E-state index in [1.165, 1.54) is 6.20 Å². The molecule has 0 aliphatic carbocycles. The zero-order valence-electron chi connectivity index (χ0n) is 6.57. The second-order valence-corrected chi connectivity index (χ2v) is 3.30. The van der Waals surface area contributed by atoms with Crippen molar-refractivity contribution in [2.24, 2.45) is 0 Å². The number of halogens is 1. The third kappa shape index (κ3) is 1.42. The Bertz CT molecular complexity index is 427. The van der Waals surface area contributed by atoms with Gasteiger partial charge in [-0.2, -0.15) is 0 Å². The lowest BCUT2D eigenvalue weighted by atomic mass is 10.3. The molecule has 0 amide bonds. The molecule has 4 nitrogen and oxygen atoms in total. The van der Waals surface area contributed by atoms with Gasteiger partial charge in [-0.15, -0.1) is 0 Å². The third-order valence-corrected chi connectivity index (χ3v) is 2.21. The Morgan fingerprint density at radius 3 is 2.92 bits per heavy atom. The zero-order chi connectivity index (χ0) is 9.26. The maximum atomic E-state index is 5.62. The Labute approximate surface area is 82.9 Å². The summed E-state index contributed by atoms with van der Waals surface area (Å²) < 4.78 is 5.80. The maximum absolute atomic E-state index is 5.62. The van der Waals surface area contributed by atoms with Gasteiger partial charge in [0, 0.05) is 10.7 Å². The molecule has 13 heavy (non-hydrogen) atoms. The van der Waals surface area contributed by atoms with Crippen LogP contribution in [0.5, 0.6) is 0 Å². The summed E-state index contributed by atoms with van der Waals surface area (Å²) in [5.41, 5.74) is 6.77. The Kier molecular flexibility index (Phi) is 2.02. The lowest BCUT2D eigenvalue weighted by molar-refractivity contribution is 0.431. The van der Waals surface area contributed by atoms with Gasteiger partial charge in [0.05, 0.1) is 6.20 Å². The predicted molar refractivity (Wildman–Crippen MR) is 51.8 cm³/mol. The summed E-state index contributed by atoms with van der Waals surface area (Å²) in [6.07, 6.45) is 3.12. The first-order chi connectivity index (χ1) is 6.29. The standard InChI is InChI=1S/C8H6BrN3O/c9-5-2-1-3-11-7(5)8-6(10)4-12-13-8/h1-4H,10H2. The molecule has 0 saturated heterocycles. The molecule has 0 aromatic carbocycles. The maximum Gasteiger partial charge on any atom is 0.209 e. The van der Waals surface area contributed by atoms with E-state index in [2.05, 4.69) is 26.1 Å². The van der Waals surface area contributed by atoms with Crippen molar-refractivity contribution in [3.05, 3.63) is 29.0 Å². The van der Waals surface area contributed by atoms with E-state index in [1.807, 2.05) is 12.1 Å². The summed E-state index contributed by atoms with van der Waals surface area (Å²) in [6.45, 7) is 0. The number of nitrogens with zero attached hydrogens (tertiary/aromatic N) is 2. The molecule has 2 aromatic heterocycles.